The van der Waals surface area contributed by atoms with E-state index in [4.69, 9.17) is 4.74 Å². The lowest BCUT2D eigenvalue weighted by Crippen LogP contribution is -2.25. The van der Waals surface area contributed by atoms with E-state index < -0.39 is 0 Å². The van der Waals surface area contributed by atoms with Crippen molar-refractivity contribution in [2.75, 3.05) is 26.2 Å². The molecule has 2 aromatic heterocycles. The molecule has 0 atom stereocenters. The van der Waals surface area contributed by atoms with E-state index in [1.54, 1.807) is 0 Å². The van der Waals surface area contributed by atoms with Crippen LogP contribution in [0, 0.1) is 0 Å². The lowest BCUT2D eigenvalue weighted by molar-refractivity contribution is 0.231. The number of hydrogen-bond acceptors (Lipinski definition) is 3. The normalized spacial score (nSPS) is 16.7. The Morgan fingerprint density at radius 1 is 1.24 bits per heavy atom. The Bertz CT molecular complexity index is 455. The maximum absolute atomic E-state index is 5.68. The van der Waals surface area contributed by atoms with E-state index in [-0.39, 0.29) is 0 Å². The Morgan fingerprint density at radius 2 is 2.12 bits per heavy atom. The van der Waals surface area contributed by atoms with Crippen molar-refractivity contribution < 1.29 is 4.74 Å². The molecule has 0 unspecified atom stereocenters. The summed E-state index contributed by atoms with van der Waals surface area (Å²) in [5.41, 5.74) is 1.07. The number of rotatable bonds is 4. The summed E-state index contributed by atoms with van der Waals surface area (Å²) >= 11 is 0. The molecule has 0 saturated carbocycles. The van der Waals surface area contributed by atoms with Crippen LogP contribution in [0.2, 0.25) is 0 Å². The Morgan fingerprint density at radius 3 is 2.94 bits per heavy atom. The molecule has 1 fully saturated rings. The molecule has 1 aliphatic rings. The topological polar surface area (TPSA) is 29.8 Å². The minimum Gasteiger partial charge on any atom is -0.475 e. The van der Waals surface area contributed by atoms with Crippen LogP contribution in [-0.4, -0.2) is 40.8 Å². The third-order valence-electron chi connectivity index (χ3n) is 3.20. The van der Waals surface area contributed by atoms with E-state index in [9.17, 15) is 0 Å². The van der Waals surface area contributed by atoms with Crippen LogP contribution in [0.1, 0.15) is 12.8 Å². The Balaban J connectivity index is 1.57. The highest BCUT2D eigenvalue weighted by Crippen LogP contribution is 2.13. The molecule has 3 heterocycles. The van der Waals surface area contributed by atoms with Gasteiger partial charge >= 0.3 is 0 Å². The standard InChI is InChI=1S/C13H17N3O/c1-2-8-16-12(5-1)11-13(14-16)17-10-9-15-6-3-4-7-15/h1-2,5,8,11H,3-4,6-7,9-10H2. The highest BCUT2D eigenvalue weighted by molar-refractivity contribution is 5.48. The third-order valence-corrected chi connectivity index (χ3v) is 3.20. The van der Waals surface area contributed by atoms with Crippen molar-refractivity contribution in [2.45, 2.75) is 12.8 Å². The number of aromatic nitrogens is 2. The molecule has 17 heavy (non-hydrogen) atoms. The molecule has 0 aliphatic carbocycles. The first-order valence-corrected chi connectivity index (χ1v) is 6.21. The van der Waals surface area contributed by atoms with Crippen molar-refractivity contribution in [1.29, 1.82) is 0 Å². The summed E-state index contributed by atoms with van der Waals surface area (Å²) in [5.74, 6) is 0.718. The largest absolute Gasteiger partial charge is 0.475 e. The monoisotopic (exact) mass is 231 g/mol. The molecule has 1 aliphatic heterocycles. The third kappa shape index (κ3) is 2.42. The predicted octanol–water partition coefficient (Wildman–Crippen LogP) is 1.81. The van der Waals surface area contributed by atoms with Gasteiger partial charge in [0.05, 0.1) is 5.52 Å². The second-order valence-electron chi connectivity index (χ2n) is 4.45. The van der Waals surface area contributed by atoms with Gasteiger partial charge in [0.25, 0.3) is 0 Å². The van der Waals surface area contributed by atoms with E-state index in [1.165, 1.54) is 25.9 Å². The van der Waals surface area contributed by atoms with Crippen molar-refractivity contribution >= 4 is 5.52 Å². The van der Waals surface area contributed by atoms with Gasteiger partial charge in [-0.2, -0.15) is 0 Å². The minimum absolute atomic E-state index is 0.718. The maximum Gasteiger partial charge on any atom is 0.233 e. The molecular weight excluding hydrogens is 214 g/mol. The molecule has 90 valence electrons. The maximum atomic E-state index is 5.68. The SMILES string of the molecule is c1ccn2nc(OCCN3CCCC3)cc2c1. The molecule has 0 radical (unpaired) electrons. The Labute approximate surface area is 101 Å². The molecule has 3 rings (SSSR count). The first kappa shape index (κ1) is 10.6. The van der Waals surface area contributed by atoms with Crippen molar-refractivity contribution in [2.24, 2.45) is 0 Å². The molecule has 0 spiro atoms. The number of ether oxygens (including phenoxy) is 1. The van der Waals surface area contributed by atoms with Gasteiger partial charge in [0.1, 0.15) is 6.61 Å². The molecule has 0 N–H and O–H groups in total. The molecule has 1 saturated heterocycles. The van der Waals surface area contributed by atoms with E-state index in [2.05, 4.69) is 10.00 Å². The fourth-order valence-corrected chi connectivity index (χ4v) is 2.27. The predicted molar refractivity (Wildman–Crippen MR) is 66.4 cm³/mol. The van der Waals surface area contributed by atoms with Crippen LogP contribution in [0.5, 0.6) is 5.88 Å². The van der Waals surface area contributed by atoms with Crippen LogP contribution in [0.4, 0.5) is 0 Å². The zero-order valence-corrected chi connectivity index (χ0v) is 9.88. The second kappa shape index (κ2) is 4.75. The van der Waals surface area contributed by atoms with Gasteiger partial charge in [0.2, 0.25) is 5.88 Å². The van der Waals surface area contributed by atoms with Crippen molar-refractivity contribution in [3.63, 3.8) is 0 Å². The molecule has 0 aromatic carbocycles. The van der Waals surface area contributed by atoms with Gasteiger partial charge in [-0.15, -0.1) is 5.10 Å². The highest BCUT2D eigenvalue weighted by Gasteiger charge is 2.11. The number of nitrogens with zero attached hydrogens (tertiary/aromatic N) is 3. The second-order valence-corrected chi connectivity index (χ2v) is 4.45. The fourth-order valence-electron chi connectivity index (χ4n) is 2.27. The summed E-state index contributed by atoms with van der Waals surface area (Å²) in [6, 6.07) is 7.98. The van der Waals surface area contributed by atoms with Crippen LogP contribution in [-0.2, 0) is 0 Å². The summed E-state index contributed by atoms with van der Waals surface area (Å²) in [7, 11) is 0. The summed E-state index contributed by atoms with van der Waals surface area (Å²) < 4.78 is 7.52. The smallest absolute Gasteiger partial charge is 0.233 e. The minimum atomic E-state index is 0.718. The van der Waals surface area contributed by atoms with Gasteiger partial charge in [-0.25, -0.2) is 4.52 Å². The summed E-state index contributed by atoms with van der Waals surface area (Å²) in [6.07, 6.45) is 4.59. The average molecular weight is 231 g/mol. The number of hydrogen-bond donors (Lipinski definition) is 0. The summed E-state index contributed by atoms with van der Waals surface area (Å²) in [6.45, 7) is 4.17. The van der Waals surface area contributed by atoms with Gasteiger partial charge in [0, 0.05) is 18.8 Å². The van der Waals surface area contributed by atoms with Gasteiger partial charge in [-0.05, 0) is 38.1 Å². The van der Waals surface area contributed by atoms with E-state index >= 15 is 0 Å². The Hall–Kier alpha value is -1.55. The molecule has 0 bridgehead atoms. The zero-order valence-electron chi connectivity index (χ0n) is 9.88. The van der Waals surface area contributed by atoms with Gasteiger partial charge in [-0.1, -0.05) is 6.07 Å². The first-order chi connectivity index (χ1) is 8.42. The van der Waals surface area contributed by atoms with Gasteiger partial charge < -0.3 is 4.74 Å². The van der Waals surface area contributed by atoms with E-state index in [1.807, 2.05) is 35.0 Å². The number of pyridine rings is 1. The van der Waals surface area contributed by atoms with E-state index in [0.29, 0.717) is 0 Å². The molecule has 4 nitrogen and oxygen atoms in total. The van der Waals surface area contributed by atoms with Gasteiger partial charge in [0.15, 0.2) is 0 Å². The zero-order chi connectivity index (χ0) is 11.5. The molecular formula is C13H17N3O. The lowest BCUT2D eigenvalue weighted by Gasteiger charge is -2.13. The quantitative estimate of drug-likeness (QED) is 0.803. The summed E-state index contributed by atoms with van der Waals surface area (Å²) in [4.78, 5) is 2.44. The van der Waals surface area contributed by atoms with Crippen molar-refractivity contribution in [3.8, 4) is 5.88 Å². The van der Waals surface area contributed by atoms with Crippen LogP contribution in [0.25, 0.3) is 5.52 Å². The van der Waals surface area contributed by atoms with E-state index in [0.717, 1.165) is 24.5 Å². The summed E-state index contributed by atoms with van der Waals surface area (Å²) in [5, 5.41) is 4.35. The van der Waals surface area contributed by atoms with Gasteiger partial charge in [-0.3, -0.25) is 4.90 Å². The van der Waals surface area contributed by atoms with Crippen LogP contribution in [0.15, 0.2) is 30.5 Å². The van der Waals surface area contributed by atoms with Crippen molar-refractivity contribution in [1.82, 2.24) is 14.5 Å². The van der Waals surface area contributed by atoms with Crippen LogP contribution in [0.3, 0.4) is 0 Å². The molecule has 4 heteroatoms. The molecule has 0 amide bonds. The van der Waals surface area contributed by atoms with Crippen LogP contribution < -0.4 is 4.74 Å². The lowest BCUT2D eigenvalue weighted by atomic mass is 10.4. The highest BCUT2D eigenvalue weighted by atomic mass is 16.5. The molecule has 2 aromatic rings. The fraction of sp³-hybridized carbons (Fsp3) is 0.462. The Kier molecular flexibility index (Phi) is 2.96. The first-order valence-electron chi connectivity index (χ1n) is 6.21. The number of likely N-dealkylation sites (tertiary alicyclic amines) is 1. The van der Waals surface area contributed by atoms with Crippen LogP contribution >= 0.6 is 0 Å². The number of fused-ring (bicyclic) bond motifs is 1. The average Bonchev–Trinajstić information content (AvgIpc) is 2.96. The van der Waals surface area contributed by atoms with Crippen molar-refractivity contribution in [3.05, 3.63) is 30.5 Å².